The first-order valence-corrected chi connectivity index (χ1v) is 4.84. The molecule has 0 spiro atoms. The third-order valence-electron chi connectivity index (χ3n) is 2.49. The number of nitrogens with zero attached hydrogens (tertiary/aromatic N) is 1. The van der Waals surface area contributed by atoms with Crippen LogP contribution in [0, 0.1) is 0 Å². The number of rotatable bonds is 2. The normalized spacial score (nSPS) is 27.9. The Morgan fingerprint density at radius 2 is 1.88 bits per heavy atom. The summed E-state index contributed by atoms with van der Waals surface area (Å²) in [5.74, 6) is 0. The van der Waals surface area contributed by atoms with Gasteiger partial charge in [0.2, 0.25) is 0 Å². The van der Waals surface area contributed by atoms with E-state index in [1.54, 1.807) is 18.7 Å². The molecule has 16 heavy (non-hydrogen) atoms. The zero-order valence-electron chi connectivity index (χ0n) is 9.34. The molecule has 7 heteroatoms. The second kappa shape index (κ2) is 4.68. The quantitative estimate of drug-likeness (QED) is 0.785. The van der Waals surface area contributed by atoms with Crippen molar-refractivity contribution in [2.24, 2.45) is 5.73 Å². The van der Waals surface area contributed by atoms with Crippen LogP contribution in [0.4, 0.5) is 13.2 Å². The van der Waals surface area contributed by atoms with Crippen molar-refractivity contribution in [3.05, 3.63) is 0 Å². The molecule has 0 amide bonds. The lowest BCUT2D eigenvalue weighted by molar-refractivity contribution is -0.254. The van der Waals surface area contributed by atoms with Crippen LogP contribution in [0.5, 0.6) is 0 Å². The van der Waals surface area contributed by atoms with Crippen molar-refractivity contribution in [3.63, 3.8) is 0 Å². The van der Waals surface area contributed by atoms with Gasteiger partial charge in [0.05, 0.1) is 0 Å². The molecule has 1 heterocycles. The number of alkyl halides is 3. The fourth-order valence-corrected chi connectivity index (χ4v) is 1.81. The topological polar surface area (TPSA) is 49.5 Å². The van der Waals surface area contributed by atoms with Crippen LogP contribution in [0.15, 0.2) is 0 Å². The average Bonchev–Trinajstić information content (AvgIpc) is 2.27. The zero-order chi connectivity index (χ0) is 11.9. The van der Waals surface area contributed by atoms with Crippen molar-refractivity contribution in [1.29, 1.82) is 0 Å². The summed E-state index contributed by atoms with van der Waals surface area (Å²) >= 11 is 0. The minimum atomic E-state index is -4.56. The lowest BCUT2D eigenvalue weighted by atomic mass is 10.0. The van der Waals surface area contributed by atoms with Crippen LogP contribution in [0.3, 0.4) is 0 Å². The smallest absolute Gasteiger partial charge is 0.379 e. The van der Waals surface area contributed by atoms with E-state index in [9.17, 15) is 18.3 Å². The van der Waals surface area contributed by atoms with Gasteiger partial charge in [0.1, 0.15) is 0 Å². The van der Waals surface area contributed by atoms with Crippen LogP contribution in [-0.2, 0) is 0 Å². The van der Waals surface area contributed by atoms with Gasteiger partial charge in [0, 0.05) is 25.2 Å². The van der Waals surface area contributed by atoms with Crippen molar-refractivity contribution in [2.45, 2.75) is 37.6 Å². The number of nitrogens with two attached hydrogens (primary N) is 1. The molecule has 0 aromatic carbocycles. The minimum Gasteiger partial charge on any atom is -0.379 e. The highest BCUT2D eigenvalue weighted by Gasteiger charge is 2.57. The first-order chi connectivity index (χ1) is 6.54. The lowest BCUT2D eigenvalue weighted by Gasteiger charge is -2.29. The molecule has 3 N–H and O–H groups in total. The van der Waals surface area contributed by atoms with E-state index in [1.165, 1.54) is 0 Å². The molecule has 0 bridgehead atoms. The average molecular weight is 263 g/mol. The Morgan fingerprint density at radius 3 is 2.19 bits per heavy atom. The summed E-state index contributed by atoms with van der Waals surface area (Å²) in [6.45, 7) is 3.70. The molecule has 0 aromatic heterocycles. The maximum absolute atomic E-state index is 12.4. The van der Waals surface area contributed by atoms with E-state index in [2.05, 4.69) is 0 Å². The number of halogens is 4. The fourth-order valence-electron chi connectivity index (χ4n) is 1.81. The largest absolute Gasteiger partial charge is 0.418 e. The van der Waals surface area contributed by atoms with Crippen LogP contribution in [0.25, 0.3) is 0 Å². The molecule has 1 saturated heterocycles. The second-order valence-corrected chi connectivity index (χ2v) is 4.98. The maximum Gasteiger partial charge on any atom is 0.418 e. The predicted molar refractivity (Wildman–Crippen MR) is 57.6 cm³/mol. The summed E-state index contributed by atoms with van der Waals surface area (Å²) in [4.78, 5) is 1.55. The van der Waals surface area contributed by atoms with E-state index in [4.69, 9.17) is 5.73 Å². The van der Waals surface area contributed by atoms with Crippen LogP contribution < -0.4 is 5.73 Å². The molecular weight excluding hydrogens is 245 g/mol. The van der Waals surface area contributed by atoms with E-state index in [0.717, 1.165) is 0 Å². The van der Waals surface area contributed by atoms with Crippen molar-refractivity contribution < 1.29 is 18.3 Å². The molecule has 0 aromatic rings. The molecule has 1 rings (SSSR count). The Kier molecular flexibility index (Phi) is 4.67. The van der Waals surface area contributed by atoms with Gasteiger partial charge < -0.3 is 10.8 Å². The molecular formula is C9H18ClF3N2O. The monoisotopic (exact) mass is 262 g/mol. The predicted octanol–water partition coefficient (Wildman–Crippen LogP) is 1.14. The highest BCUT2D eigenvalue weighted by atomic mass is 35.5. The van der Waals surface area contributed by atoms with E-state index >= 15 is 0 Å². The summed E-state index contributed by atoms with van der Waals surface area (Å²) < 4.78 is 37.3. The van der Waals surface area contributed by atoms with Crippen molar-refractivity contribution in [3.8, 4) is 0 Å². The van der Waals surface area contributed by atoms with Crippen LogP contribution in [-0.4, -0.2) is 47.0 Å². The van der Waals surface area contributed by atoms with Crippen molar-refractivity contribution >= 4 is 12.4 Å². The van der Waals surface area contributed by atoms with Gasteiger partial charge in [-0.05, 0) is 20.3 Å². The van der Waals surface area contributed by atoms with Gasteiger partial charge in [-0.2, -0.15) is 13.2 Å². The number of hydrogen-bond acceptors (Lipinski definition) is 3. The van der Waals surface area contributed by atoms with Gasteiger partial charge in [-0.15, -0.1) is 12.4 Å². The molecule has 98 valence electrons. The molecule has 3 nitrogen and oxygen atoms in total. The molecule has 1 aliphatic rings. The number of hydrogen-bond donors (Lipinski definition) is 2. The summed E-state index contributed by atoms with van der Waals surface area (Å²) in [7, 11) is 0. The SMILES string of the molecule is CC(C)(N)CN1CCC(O)(C(F)(F)F)C1.Cl. The third kappa shape index (κ3) is 3.76. The van der Waals surface area contributed by atoms with Gasteiger partial charge >= 0.3 is 6.18 Å². The molecule has 1 fully saturated rings. The van der Waals surface area contributed by atoms with Crippen molar-refractivity contribution in [2.75, 3.05) is 19.6 Å². The maximum atomic E-state index is 12.4. The fraction of sp³-hybridized carbons (Fsp3) is 1.00. The van der Waals surface area contributed by atoms with Gasteiger partial charge in [0.15, 0.2) is 5.60 Å². The lowest BCUT2D eigenvalue weighted by Crippen LogP contribution is -2.50. The second-order valence-electron chi connectivity index (χ2n) is 4.98. The first-order valence-electron chi connectivity index (χ1n) is 4.84. The molecule has 1 aliphatic heterocycles. The van der Waals surface area contributed by atoms with E-state index in [-0.39, 0.29) is 31.9 Å². The van der Waals surface area contributed by atoms with Gasteiger partial charge in [0.25, 0.3) is 0 Å². The highest BCUT2D eigenvalue weighted by molar-refractivity contribution is 5.85. The van der Waals surface area contributed by atoms with E-state index in [0.29, 0.717) is 6.54 Å². The molecule has 0 saturated carbocycles. The minimum absolute atomic E-state index is 0. The Hall–Kier alpha value is -0.0400. The summed E-state index contributed by atoms with van der Waals surface area (Å²) in [5.41, 5.74) is 2.61. The standard InChI is InChI=1S/C9H17F3N2O.ClH/c1-7(2,13)5-14-4-3-8(15,6-14)9(10,11)12;/h15H,3-6,13H2,1-2H3;1H. The van der Waals surface area contributed by atoms with Crippen LogP contribution >= 0.6 is 12.4 Å². The number of aliphatic hydroxyl groups is 1. The molecule has 0 radical (unpaired) electrons. The van der Waals surface area contributed by atoms with Crippen molar-refractivity contribution in [1.82, 2.24) is 4.90 Å². The van der Waals surface area contributed by atoms with Gasteiger partial charge in [-0.25, -0.2) is 0 Å². The Labute approximate surface area is 99.2 Å². The summed E-state index contributed by atoms with van der Waals surface area (Å²) in [5, 5.41) is 9.39. The van der Waals surface area contributed by atoms with Crippen LogP contribution in [0.2, 0.25) is 0 Å². The Balaban J connectivity index is 0.00000225. The van der Waals surface area contributed by atoms with Gasteiger partial charge in [-0.3, -0.25) is 4.90 Å². The Bertz CT molecular complexity index is 242. The van der Waals surface area contributed by atoms with E-state index < -0.39 is 17.3 Å². The summed E-state index contributed by atoms with van der Waals surface area (Å²) in [6.07, 6.45) is -4.83. The molecule has 0 aliphatic carbocycles. The number of β-amino-alcohol motifs (C(OH)–C–C–N with tert-alkyl or cyclic N) is 1. The van der Waals surface area contributed by atoms with Crippen LogP contribution in [0.1, 0.15) is 20.3 Å². The number of likely N-dealkylation sites (tertiary alicyclic amines) is 1. The molecule has 1 unspecified atom stereocenters. The van der Waals surface area contributed by atoms with Gasteiger partial charge in [-0.1, -0.05) is 0 Å². The first kappa shape index (κ1) is 16.0. The highest BCUT2D eigenvalue weighted by Crippen LogP contribution is 2.37. The third-order valence-corrected chi connectivity index (χ3v) is 2.49. The molecule has 1 atom stereocenters. The zero-order valence-corrected chi connectivity index (χ0v) is 10.2. The van der Waals surface area contributed by atoms with E-state index in [1.807, 2.05) is 0 Å². The Morgan fingerprint density at radius 1 is 1.38 bits per heavy atom. The summed E-state index contributed by atoms with van der Waals surface area (Å²) in [6, 6.07) is 0.